The molecule has 1 aliphatic carbocycles. The number of hydrogen-bond donors (Lipinski definition) is 2. The van der Waals surface area contributed by atoms with E-state index in [-0.39, 0.29) is 5.75 Å². The molecular weight excluding hydrogens is 256 g/mol. The first-order valence-electron chi connectivity index (χ1n) is 5.83. The molecule has 1 heterocycles. The smallest absolute Gasteiger partial charge is 0.209 e. The second kappa shape index (κ2) is 5.48. The van der Waals surface area contributed by atoms with Crippen molar-refractivity contribution < 1.29 is 8.42 Å². The normalized spacial score (nSPS) is 18.2. The molecule has 1 fully saturated rings. The van der Waals surface area contributed by atoms with Crippen LogP contribution in [-0.2, 0) is 10.0 Å². The highest BCUT2D eigenvalue weighted by molar-refractivity contribution is 7.89. The van der Waals surface area contributed by atoms with E-state index in [0.717, 1.165) is 5.92 Å². The third-order valence-corrected chi connectivity index (χ3v) is 4.73. The minimum absolute atomic E-state index is 0.0574. The second-order valence-electron chi connectivity index (χ2n) is 4.51. The molecular formula is C11H18N2O2S2. The van der Waals surface area contributed by atoms with Crippen molar-refractivity contribution in [2.75, 3.05) is 12.3 Å². The first-order valence-corrected chi connectivity index (χ1v) is 8.43. The van der Waals surface area contributed by atoms with E-state index in [9.17, 15) is 8.42 Å². The van der Waals surface area contributed by atoms with Gasteiger partial charge in [0.25, 0.3) is 0 Å². The van der Waals surface area contributed by atoms with Crippen LogP contribution in [0.3, 0.4) is 0 Å². The lowest BCUT2D eigenvalue weighted by molar-refractivity contribution is 0.487. The van der Waals surface area contributed by atoms with Crippen molar-refractivity contribution in [3.05, 3.63) is 22.4 Å². The summed E-state index contributed by atoms with van der Waals surface area (Å²) in [6.07, 6.45) is 3.11. The Balaban J connectivity index is 1.79. The van der Waals surface area contributed by atoms with Crippen molar-refractivity contribution in [1.82, 2.24) is 5.32 Å². The summed E-state index contributed by atoms with van der Waals surface area (Å²) in [5.41, 5.74) is 0. The summed E-state index contributed by atoms with van der Waals surface area (Å²) in [7, 11) is -3.32. The predicted octanol–water partition coefficient (Wildman–Crippen LogP) is 1.47. The first-order chi connectivity index (χ1) is 8.06. The van der Waals surface area contributed by atoms with Crippen molar-refractivity contribution in [3.63, 3.8) is 0 Å². The first kappa shape index (κ1) is 13.0. The summed E-state index contributed by atoms with van der Waals surface area (Å²) < 4.78 is 21.6. The molecule has 1 saturated carbocycles. The van der Waals surface area contributed by atoms with Gasteiger partial charge in [-0.2, -0.15) is 0 Å². The molecule has 1 atom stereocenters. The number of rotatable bonds is 7. The molecule has 0 spiro atoms. The lowest BCUT2D eigenvalue weighted by Crippen LogP contribution is -2.26. The lowest BCUT2D eigenvalue weighted by atomic mass is 10.1. The highest BCUT2D eigenvalue weighted by Crippen LogP contribution is 2.42. The molecule has 1 aliphatic rings. The zero-order valence-corrected chi connectivity index (χ0v) is 11.3. The van der Waals surface area contributed by atoms with Crippen LogP contribution in [0.2, 0.25) is 0 Å². The van der Waals surface area contributed by atoms with Gasteiger partial charge in [-0.15, -0.1) is 11.3 Å². The van der Waals surface area contributed by atoms with E-state index in [0.29, 0.717) is 19.0 Å². The maximum Gasteiger partial charge on any atom is 0.209 e. The third-order valence-electron chi connectivity index (χ3n) is 2.91. The van der Waals surface area contributed by atoms with Gasteiger partial charge in [0, 0.05) is 10.9 Å². The average Bonchev–Trinajstić information content (AvgIpc) is 2.92. The van der Waals surface area contributed by atoms with Crippen molar-refractivity contribution in [1.29, 1.82) is 0 Å². The summed E-state index contributed by atoms with van der Waals surface area (Å²) in [4.78, 5) is 1.35. The third kappa shape index (κ3) is 4.39. The molecule has 96 valence electrons. The van der Waals surface area contributed by atoms with Gasteiger partial charge in [0.05, 0.1) is 5.75 Å². The van der Waals surface area contributed by atoms with Gasteiger partial charge in [0.2, 0.25) is 10.0 Å². The SMILES string of the molecule is NS(=O)(=O)CCCNC(c1cccs1)C1CC1. The van der Waals surface area contributed by atoms with Gasteiger partial charge < -0.3 is 5.32 Å². The van der Waals surface area contributed by atoms with Gasteiger partial charge in [-0.05, 0) is 43.2 Å². The summed E-state index contributed by atoms with van der Waals surface area (Å²) in [6, 6.07) is 4.59. The molecule has 4 nitrogen and oxygen atoms in total. The molecule has 17 heavy (non-hydrogen) atoms. The molecule has 0 aliphatic heterocycles. The van der Waals surface area contributed by atoms with E-state index in [1.807, 2.05) is 0 Å². The highest BCUT2D eigenvalue weighted by atomic mass is 32.2. The van der Waals surface area contributed by atoms with E-state index >= 15 is 0 Å². The Bertz CT molecular complexity index is 438. The topological polar surface area (TPSA) is 72.2 Å². The fraction of sp³-hybridized carbons (Fsp3) is 0.636. The molecule has 2 rings (SSSR count). The molecule has 0 bridgehead atoms. The number of nitrogens with two attached hydrogens (primary N) is 1. The predicted molar refractivity (Wildman–Crippen MR) is 70.4 cm³/mol. The molecule has 0 amide bonds. The van der Waals surface area contributed by atoms with Crippen molar-refractivity contribution in [3.8, 4) is 0 Å². The van der Waals surface area contributed by atoms with Crippen molar-refractivity contribution >= 4 is 21.4 Å². The Morgan fingerprint density at radius 1 is 1.53 bits per heavy atom. The molecule has 1 unspecified atom stereocenters. The molecule has 6 heteroatoms. The standard InChI is InChI=1S/C11H18N2O2S2/c12-17(14,15)8-2-6-13-11(9-4-5-9)10-3-1-7-16-10/h1,3,7,9,11,13H,2,4-6,8H2,(H2,12,14,15). The largest absolute Gasteiger partial charge is 0.309 e. The van der Waals surface area contributed by atoms with E-state index < -0.39 is 10.0 Å². The van der Waals surface area contributed by atoms with Crippen LogP contribution in [0.1, 0.15) is 30.2 Å². The Labute approximate surface area is 106 Å². The number of sulfonamides is 1. The number of thiophene rings is 1. The van der Waals surface area contributed by atoms with Gasteiger partial charge in [-0.25, -0.2) is 13.6 Å². The Morgan fingerprint density at radius 3 is 2.82 bits per heavy atom. The maximum absolute atomic E-state index is 10.8. The van der Waals surface area contributed by atoms with Gasteiger partial charge in [0.1, 0.15) is 0 Å². The van der Waals surface area contributed by atoms with E-state index in [2.05, 4.69) is 22.8 Å². The molecule has 0 saturated heterocycles. The zero-order chi connectivity index (χ0) is 12.3. The Hall–Kier alpha value is -0.430. The fourth-order valence-corrected chi connectivity index (χ4v) is 3.37. The number of nitrogens with one attached hydrogen (secondary N) is 1. The molecule has 1 aromatic heterocycles. The molecule has 3 N–H and O–H groups in total. The van der Waals surface area contributed by atoms with Crippen LogP contribution < -0.4 is 10.5 Å². The molecule has 1 aromatic rings. The van der Waals surface area contributed by atoms with Gasteiger partial charge >= 0.3 is 0 Å². The second-order valence-corrected chi connectivity index (χ2v) is 7.22. The highest BCUT2D eigenvalue weighted by Gasteiger charge is 2.32. The summed E-state index contributed by atoms with van der Waals surface area (Å²) in [5, 5.41) is 10.5. The van der Waals surface area contributed by atoms with Gasteiger partial charge in [-0.3, -0.25) is 0 Å². The summed E-state index contributed by atoms with van der Waals surface area (Å²) in [6.45, 7) is 0.704. The van der Waals surface area contributed by atoms with E-state index in [1.54, 1.807) is 11.3 Å². The van der Waals surface area contributed by atoms with E-state index in [1.165, 1.54) is 17.7 Å². The lowest BCUT2D eigenvalue weighted by Gasteiger charge is -2.16. The van der Waals surface area contributed by atoms with Gasteiger partial charge in [0.15, 0.2) is 0 Å². The molecule has 0 radical (unpaired) electrons. The minimum Gasteiger partial charge on any atom is -0.309 e. The fourth-order valence-electron chi connectivity index (χ4n) is 1.93. The minimum atomic E-state index is -3.32. The Kier molecular flexibility index (Phi) is 4.19. The van der Waals surface area contributed by atoms with Crippen LogP contribution in [0.5, 0.6) is 0 Å². The maximum atomic E-state index is 10.8. The number of hydrogen-bond acceptors (Lipinski definition) is 4. The van der Waals surface area contributed by atoms with Crippen LogP contribution >= 0.6 is 11.3 Å². The van der Waals surface area contributed by atoms with Crippen molar-refractivity contribution in [2.24, 2.45) is 11.1 Å². The van der Waals surface area contributed by atoms with Gasteiger partial charge in [-0.1, -0.05) is 6.07 Å². The van der Waals surface area contributed by atoms with E-state index in [4.69, 9.17) is 5.14 Å². The van der Waals surface area contributed by atoms with Crippen molar-refractivity contribution in [2.45, 2.75) is 25.3 Å². The van der Waals surface area contributed by atoms with Crippen LogP contribution in [0.4, 0.5) is 0 Å². The zero-order valence-electron chi connectivity index (χ0n) is 9.63. The molecule has 0 aromatic carbocycles. The number of primary sulfonamides is 1. The quantitative estimate of drug-likeness (QED) is 0.740. The summed E-state index contributed by atoms with van der Waals surface area (Å²) >= 11 is 1.76. The van der Waals surface area contributed by atoms with Crippen LogP contribution in [0.25, 0.3) is 0 Å². The van der Waals surface area contributed by atoms with Crippen LogP contribution in [0.15, 0.2) is 17.5 Å². The monoisotopic (exact) mass is 274 g/mol. The van der Waals surface area contributed by atoms with Crippen LogP contribution in [0, 0.1) is 5.92 Å². The summed E-state index contributed by atoms with van der Waals surface area (Å²) in [5.74, 6) is 0.782. The average molecular weight is 274 g/mol. The van der Waals surface area contributed by atoms with Crippen LogP contribution in [-0.4, -0.2) is 20.7 Å². The Morgan fingerprint density at radius 2 is 2.29 bits per heavy atom.